The van der Waals surface area contributed by atoms with Crippen molar-refractivity contribution in [2.75, 3.05) is 6.61 Å². The first kappa shape index (κ1) is 14.4. The van der Waals surface area contributed by atoms with Crippen molar-refractivity contribution in [1.29, 1.82) is 0 Å². The molecule has 4 N–H and O–H groups in total. The first-order chi connectivity index (χ1) is 6.97. The number of carbonyl (C=O) groups excluding carboxylic acids is 1. The minimum absolute atomic E-state index is 0.00152. The first-order valence-corrected chi connectivity index (χ1v) is 5.63. The van der Waals surface area contributed by atoms with Crippen LogP contribution in [0.4, 0.5) is 0 Å². The Morgan fingerprint density at radius 1 is 1.40 bits per heavy atom. The molecule has 0 saturated heterocycles. The Kier molecular flexibility index (Phi) is 7.34. The number of hydrogen-bond donors (Lipinski definition) is 3. The van der Waals surface area contributed by atoms with E-state index < -0.39 is 0 Å². The fraction of sp³-hybridized carbons (Fsp3) is 0.909. The fourth-order valence-corrected chi connectivity index (χ4v) is 1.25. The van der Waals surface area contributed by atoms with Gasteiger partial charge >= 0.3 is 0 Å². The number of aliphatic hydroxyl groups is 1. The second-order valence-corrected chi connectivity index (χ2v) is 4.45. The van der Waals surface area contributed by atoms with E-state index in [2.05, 4.69) is 5.32 Å². The molecule has 0 aromatic rings. The van der Waals surface area contributed by atoms with Crippen LogP contribution in [0.25, 0.3) is 0 Å². The maximum Gasteiger partial charge on any atom is 0.221 e. The SMILES string of the molecule is CC(CCCO)NC(=O)CC(N)C(C)C. The van der Waals surface area contributed by atoms with Gasteiger partial charge in [-0.1, -0.05) is 13.8 Å². The second kappa shape index (κ2) is 7.65. The van der Waals surface area contributed by atoms with E-state index in [1.54, 1.807) is 0 Å². The summed E-state index contributed by atoms with van der Waals surface area (Å²) in [4.78, 5) is 11.5. The Labute approximate surface area is 92.2 Å². The number of rotatable bonds is 7. The molecule has 0 bridgehead atoms. The molecule has 0 aliphatic heterocycles. The predicted octanol–water partition coefficient (Wildman–Crippen LogP) is 0.637. The molecule has 90 valence electrons. The summed E-state index contributed by atoms with van der Waals surface area (Å²) in [5, 5.41) is 11.5. The number of nitrogens with two attached hydrogens (primary N) is 1. The van der Waals surface area contributed by atoms with Crippen LogP contribution in [0.15, 0.2) is 0 Å². The van der Waals surface area contributed by atoms with Gasteiger partial charge in [0.1, 0.15) is 0 Å². The van der Waals surface area contributed by atoms with E-state index in [0.717, 1.165) is 12.8 Å². The highest BCUT2D eigenvalue weighted by atomic mass is 16.2. The Morgan fingerprint density at radius 2 is 2.00 bits per heavy atom. The quantitative estimate of drug-likeness (QED) is 0.584. The van der Waals surface area contributed by atoms with E-state index >= 15 is 0 Å². The molecule has 15 heavy (non-hydrogen) atoms. The van der Waals surface area contributed by atoms with Gasteiger partial charge in [0.2, 0.25) is 5.91 Å². The van der Waals surface area contributed by atoms with E-state index in [-0.39, 0.29) is 24.6 Å². The molecule has 2 atom stereocenters. The van der Waals surface area contributed by atoms with Gasteiger partial charge in [-0.15, -0.1) is 0 Å². The third-order valence-electron chi connectivity index (χ3n) is 2.48. The molecule has 0 aliphatic carbocycles. The highest BCUT2D eigenvalue weighted by molar-refractivity contribution is 5.76. The van der Waals surface area contributed by atoms with Crippen molar-refractivity contribution >= 4 is 5.91 Å². The number of carbonyl (C=O) groups is 1. The van der Waals surface area contributed by atoms with Gasteiger partial charge in [0, 0.05) is 25.1 Å². The normalized spacial score (nSPS) is 15.1. The largest absolute Gasteiger partial charge is 0.396 e. The molecule has 0 aromatic carbocycles. The number of aliphatic hydroxyl groups excluding tert-OH is 1. The van der Waals surface area contributed by atoms with Crippen LogP contribution in [0, 0.1) is 5.92 Å². The number of amides is 1. The zero-order chi connectivity index (χ0) is 11.8. The molecule has 2 unspecified atom stereocenters. The highest BCUT2D eigenvalue weighted by Gasteiger charge is 2.14. The molecular formula is C11H24N2O2. The van der Waals surface area contributed by atoms with Crippen molar-refractivity contribution in [2.45, 2.75) is 52.1 Å². The Bertz CT molecular complexity index is 183. The summed E-state index contributed by atoms with van der Waals surface area (Å²) in [6.07, 6.45) is 1.90. The summed E-state index contributed by atoms with van der Waals surface area (Å²) in [5.74, 6) is 0.324. The van der Waals surface area contributed by atoms with Crippen molar-refractivity contribution in [3.63, 3.8) is 0 Å². The summed E-state index contributed by atoms with van der Waals surface area (Å²) in [5.41, 5.74) is 5.79. The average Bonchev–Trinajstić information content (AvgIpc) is 2.14. The van der Waals surface area contributed by atoms with Crippen LogP contribution in [0.5, 0.6) is 0 Å². The average molecular weight is 216 g/mol. The molecule has 4 heteroatoms. The van der Waals surface area contributed by atoms with Crippen LogP contribution >= 0.6 is 0 Å². The van der Waals surface area contributed by atoms with Crippen LogP contribution in [-0.2, 0) is 4.79 Å². The first-order valence-electron chi connectivity index (χ1n) is 5.63. The van der Waals surface area contributed by atoms with Gasteiger partial charge in [0.15, 0.2) is 0 Å². The van der Waals surface area contributed by atoms with E-state index in [9.17, 15) is 4.79 Å². The molecule has 0 rings (SSSR count). The van der Waals surface area contributed by atoms with Gasteiger partial charge in [-0.2, -0.15) is 0 Å². The molecule has 4 nitrogen and oxygen atoms in total. The maximum absolute atomic E-state index is 11.5. The third kappa shape index (κ3) is 7.33. The van der Waals surface area contributed by atoms with Gasteiger partial charge in [-0.05, 0) is 25.7 Å². The van der Waals surface area contributed by atoms with Crippen LogP contribution in [0.2, 0.25) is 0 Å². The van der Waals surface area contributed by atoms with Crippen LogP contribution in [0.3, 0.4) is 0 Å². The molecule has 0 spiro atoms. The minimum Gasteiger partial charge on any atom is -0.396 e. The molecule has 0 radical (unpaired) electrons. The lowest BCUT2D eigenvalue weighted by Crippen LogP contribution is -2.38. The second-order valence-electron chi connectivity index (χ2n) is 4.45. The Hall–Kier alpha value is -0.610. The maximum atomic E-state index is 11.5. The molecule has 0 aromatic heterocycles. The van der Waals surface area contributed by atoms with Crippen LogP contribution in [0.1, 0.15) is 40.0 Å². The summed E-state index contributed by atoms with van der Waals surface area (Å²) in [6.45, 7) is 6.13. The lowest BCUT2D eigenvalue weighted by Gasteiger charge is -2.18. The highest BCUT2D eigenvalue weighted by Crippen LogP contribution is 2.03. The van der Waals surface area contributed by atoms with Gasteiger partial charge in [0.05, 0.1) is 0 Å². The van der Waals surface area contributed by atoms with Crippen molar-refractivity contribution in [3.05, 3.63) is 0 Å². The van der Waals surface area contributed by atoms with Gasteiger partial charge in [0.25, 0.3) is 0 Å². The van der Waals surface area contributed by atoms with Crippen LogP contribution < -0.4 is 11.1 Å². The van der Waals surface area contributed by atoms with E-state index in [4.69, 9.17) is 10.8 Å². The zero-order valence-electron chi connectivity index (χ0n) is 9.99. The van der Waals surface area contributed by atoms with E-state index in [1.807, 2.05) is 20.8 Å². The molecule has 0 aliphatic rings. The van der Waals surface area contributed by atoms with Crippen molar-refractivity contribution in [2.24, 2.45) is 11.7 Å². The van der Waals surface area contributed by atoms with Crippen LogP contribution in [-0.4, -0.2) is 29.7 Å². The summed E-state index contributed by atoms with van der Waals surface area (Å²) >= 11 is 0. The monoisotopic (exact) mass is 216 g/mol. The molecule has 0 saturated carbocycles. The van der Waals surface area contributed by atoms with Crippen molar-refractivity contribution < 1.29 is 9.90 Å². The van der Waals surface area contributed by atoms with Gasteiger partial charge in [-0.25, -0.2) is 0 Å². The number of nitrogens with one attached hydrogen (secondary N) is 1. The summed E-state index contributed by atoms with van der Waals surface area (Å²) in [7, 11) is 0. The summed E-state index contributed by atoms with van der Waals surface area (Å²) < 4.78 is 0. The number of hydrogen-bond acceptors (Lipinski definition) is 3. The zero-order valence-corrected chi connectivity index (χ0v) is 9.99. The topological polar surface area (TPSA) is 75.3 Å². The standard InChI is InChI=1S/C11H24N2O2/c1-8(2)10(12)7-11(15)13-9(3)5-4-6-14/h8-10,14H,4-7,12H2,1-3H3,(H,13,15). The Balaban J connectivity index is 3.73. The third-order valence-corrected chi connectivity index (χ3v) is 2.48. The minimum atomic E-state index is -0.0740. The van der Waals surface area contributed by atoms with E-state index in [1.165, 1.54) is 0 Å². The predicted molar refractivity (Wildman–Crippen MR) is 61.4 cm³/mol. The van der Waals surface area contributed by atoms with E-state index in [0.29, 0.717) is 12.3 Å². The molecular weight excluding hydrogens is 192 g/mol. The Morgan fingerprint density at radius 3 is 2.47 bits per heavy atom. The van der Waals surface area contributed by atoms with Gasteiger partial charge < -0.3 is 16.2 Å². The molecule has 0 fully saturated rings. The lowest BCUT2D eigenvalue weighted by atomic mass is 10.0. The lowest BCUT2D eigenvalue weighted by molar-refractivity contribution is -0.122. The molecule has 0 heterocycles. The van der Waals surface area contributed by atoms with Crippen molar-refractivity contribution in [1.82, 2.24) is 5.32 Å². The smallest absolute Gasteiger partial charge is 0.221 e. The van der Waals surface area contributed by atoms with Crippen molar-refractivity contribution in [3.8, 4) is 0 Å². The van der Waals surface area contributed by atoms with Gasteiger partial charge in [-0.3, -0.25) is 4.79 Å². The molecule has 1 amide bonds. The fourth-order valence-electron chi connectivity index (χ4n) is 1.25. The summed E-state index contributed by atoms with van der Waals surface area (Å²) in [6, 6.07) is 0.0408.